The Kier molecular flexibility index (Phi) is 11.0. The number of carboxylic acids is 1. The van der Waals surface area contributed by atoms with E-state index in [2.05, 4.69) is 16.0 Å². The molecule has 4 N–H and O–H groups in total. The molecule has 11 heteroatoms. The van der Waals surface area contributed by atoms with Gasteiger partial charge in [-0.1, -0.05) is 24.3 Å². The van der Waals surface area contributed by atoms with Crippen LogP contribution in [0.4, 0.5) is 11.4 Å². The van der Waals surface area contributed by atoms with Crippen molar-refractivity contribution >= 4 is 52.9 Å². The molecule has 0 atom stereocenters. The van der Waals surface area contributed by atoms with Gasteiger partial charge in [-0.15, -0.1) is 11.8 Å². The maximum absolute atomic E-state index is 13.4. The normalized spacial score (nSPS) is 10.9. The van der Waals surface area contributed by atoms with E-state index in [1.807, 2.05) is 0 Å². The van der Waals surface area contributed by atoms with Gasteiger partial charge in [-0.05, 0) is 79.2 Å². The first kappa shape index (κ1) is 32.4. The van der Waals surface area contributed by atoms with Crippen molar-refractivity contribution < 1.29 is 33.8 Å². The molecule has 0 unspecified atom stereocenters. The van der Waals surface area contributed by atoms with Crippen molar-refractivity contribution in [3.63, 3.8) is 0 Å². The molecule has 4 aromatic carbocycles. The van der Waals surface area contributed by atoms with E-state index >= 15 is 0 Å². The lowest BCUT2D eigenvalue weighted by atomic mass is 10.1. The monoisotopic (exact) mass is 625 g/mol. The van der Waals surface area contributed by atoms with Crippen LogP contribution in [0.3, 0.4) is 0 Å². The number of hydrogen-bond donors (Lipinski definition) is 4. The summed E-state index contributed by atoms with van der Waals surface area (Å²) in [7, 11) is 3.03. The zero-order chi connectivity index (χ0) is 32.3. The van der Waals surface area contributed by atoms with Crippen LogP contribution in [0.1, 0.15) is 31.8 Å². The van der Waals surface area contributed by atoms with Gasteiger partial charge in [0.15, 0.2) is 0 Å². The number of carbonyl (C=O) groups excluding carboxylic acids is 3. The average Bonchev–Trinajstić information content (AvgIpc) is 3.05. The molecule has 0 aliphatic heterocycles. The Hall–Kier alpha value is -5.55. The molecule has 10 nitrogen and oxygen atoms in total. The Bertz CT molecular complexity index is 1740. The number of hydrogen-bond acceptors (Lipinski definition) is 7. The second-order valence-electron chi connectivity index (χ2n) is 9.64. The summed E-state index contributed by atoms with van der Waals surface area (Å²) in [6, 6.07) is 25.0. The summed E-state index contributed by atoms with van der Waals surface area (Å²) < 4.78 is 10.7. The van der Waals surface area contributed by atoms with Crippen LogP contribution in [0.15, 0.2) is 102 Å². The van der Waals surface area contributed by atoms with Crippen molar-refractivity contribution in [1.82, 2.24) is 5.32 Å². The van der Waals surface area contributed by atoms with Gasteiger partial charge >= 0.3 is 5.97 Å². The third-order valence-electron chi connectivity index (χ3n) is 6.51. The molecule has 0 heterocycles. The van der Waals surface area contributed by atoms with Gasteiger partial charge in [0.25, 0.3) is 11.8 Å². The summed E-state index contributed by atoms with van der Waals surface area (Å²) in [5.74, 6) is -1.28. The first-order chi connectivity index (χ1) is 21.7. The molecule has 45 heavy (non-hydrogen) atoms. The first-order valence-electron chi connectivity index (χ1n) is 13.6. The lowest BCUT2D eigenvalue weighted by Gasteiger charge is -2.13. The quantitative estimate of drug-likeness (QED) is 0.113. The number of carbonyl (C=O) groups is 4. The van der Waals surface area contributed by atoms with Crippen LogP contribution in [-0.4, -0.2) is 48.8 Å². The molecular formula is C34H31N3O7S. The lowest BCUT2D eigenvalue weighted by Crippen LogP contribution is -2.30. The minimum absolute atomic E-state index is 0.00953. The molecule has 0 aliphatic carbocycles. The molecular weight excluding hydrogens is 594 g/mol. The highest BCUT2D eigenvalue weighted by Crippen LogP contribution is 2.27. The molecule has 0 spiro atoms. The fourth-order valence-electron chi connectivity index (χ4n) is 4.09. The Balaban J connectivity index is 1.45. The van der Waals surface area contributed by atoms with E-state index in [0.717, 1.165) is 10.5 Å². The zero-order valence-corrected chi connectivity index (χ0v) is 25.6. The van der Waals surface area contributed by atoms with Gasteiger partial charge in [-0.3, -0.25) is 14.4 Å². The van der Waals surface area contributed by atoms with Crippen molar-refractivity contribution in [1.29, 1.82) is 0 Å². The molecule has 4 rings (SSSR count). The summed E-state index contributed by atoms with van der Waals surface area (Å²) in [5, 5.41) is 17.5. The van der Waals surface area contributed by atoms with E-state index in [0.29, 0.717) is 34.0 Å². The molecule has 230 valence electrons. The number of benzene rings is 4. The minimum atomic E-state index is -1.08. The summed E-state index contributed by atoms with van der Waals surface area (Å²) in [5.41, 5.74) is 2.66. The molecule has 0 aliphatic rings. The average molecular weight is 626 g/mol. The van der Waals surface area contributed by atoms with Gasteiger partial charge in [0.1, 0.15) is 17.2 Å². The van der Waals surface area contributed by atoms with Crippen molar-refractivity contribution in [2.75, 3.05) is 30.6 Å². The van der Waals surface area contributed by atoms with E-state index in [4.69, 9.17) is 9.47 Å². The van der Waals surface area contributed by atoms with Crippen LogP contribution in [0.2, 0.25) is 0 Å². The van der Waals surface area contributed by atoms with Crippen LogP contribution in [0.25, 0.3) is 6.08 Å². The van der Waals surface area contributed by atoms with Crippen LogP contribution in [-0.2, 0) is 9.59 Å². The van der Waals surface area contributed by atoms with Gasteiger partial charge in [0.2, 0.25) is 5.91 Å². The number of nitrogens with one attached hydrogen (secondary N) is 3. The maximum atomic E-state index is 13.4. The summed E-state index contributed by atoms with van der Waals surface area (Å²) >= 11 is 1.28. The SMILES string of the molecule is COc1ccc(/C=C(\NC(=O)c2ccccc2)C(=O)Nc2ccc(SCC(=O)Nc3cc(C(=O)O)ccc3C)cc2)c(OC)c1. The van der Waals surface area contributed by atoms with E-state index < -0.39 is 17.8 Å². The third kappa shape index (κ3) is 8.97. The Morgan fingerprint density at radius 2 is 1.56 bits per heavy atom. The number of rotatable bonds is 12. The number of aryl methyl sites for hydroxylation is 1. The van der Waals surface area contributed by atoms with Crippen LogP contribution >= 0.6 is 11.8 Å². The lowest BCUT2D eigenvalue weighted by molar-refractivity contribution is -0.114. The van der Waals surface area contributed by atoms with Crippen molar-refractivity contribution in [2.24, 2.45) is 0 Å². The minimum Gasteiger partial charge on any atom is -0.497 e. The Morgan fingerprint density at radius 1 is 0.822 bits per heavy atom. The Morgan fingerprint density at radius 3 is 2.22 bits per heavy atom. The standard InChI is InChI=1S/C34H31N3O7S/c1-21-9-10-24(34(41)42)18-28(21)36-31(38)20-45-27-15-12-25(13-16-27)35-33(40)29(37-32(39)22-7-5-4-6-8-22)17-23-11-14-26(43-2)19-30(23)44-3/h4-19H,20H2,1-3H3,(H,35,40)(H,36,38)(H,37,39)(H,41,42)/b29-17-. The highest BCUT2D eigenvalue weighted by molar-refractivity contribution is 8.00. The van der Waals surface area contributed by atoms with Crippen molar-refractivity contribution in [3.05, 3.63) is 119 Å². The van der Waals surface area contributed by atoms with Crippen molar-refractivity contribution in [3.8, 4) is 11.5 Å². The molecule has 3 amide bonds. The smallest absolute Gasteiger partial charge is 0.335 e. The number of thioether (sulfide) groups is 1. The predicted molar refractivity (Wildman–Crippen MR) is 174 cm³/mol. The Labute approximate surface area is 264 Å². The topological polar surface area (TPSA) is 143 Å². The number of aromatic carboxylic acids is 1. The molecule has 0 saturated carbocycles. The molecule has 0 aromatic heterocycles. The maximum Gasteiger partial charge on any atom is 0.335 e. The largest absolute Gasteiger partial charge is 0.497 e. The number of methoxy groups -OCH3 is 2. The highest BCUT2D eigenvalue weighted by Gasteiger charge is 2.17. The number of ether oxygens (including phenoxy) is 2. The summed E-state index contributed by atoms with van der Waals surface area (Å²) in [4.78, 5) is 50.9. The number of carboxylic acid groups (broad SMARTS) is 1. The van der Waals surface area contributed by atoms with E-state index in [1.54, 1.807) is 85.8 Å². The summed E-state index contributed by atoms with van der Waals surface area (Å²) in [6.45, 7) is 1.78. The number of amides is 3. The highest BCUT2D eigenvalue weighted by atomic mass is 32.2. The van der Waals surface area contributed by atoms with Gasteiger partial charge in [-0.25, -0.2) is 4.79 Å². The molecule has 0 radical (unpaired) electrons. The van der Waals surface area contributed by atoms with Gasteiger partial charge < -0.3 is 30.5 Å². The fourth-order valence-corrected chi connectivity index (χ4v) is 4.79. The molecule has 4 aromatic rings. The van der Waals surface area contributed by atoms with Crippen LogP contribution in [0.5, 0.6) is 11.5 Å². The van der Waals surface area contributed by atoms with E-state index in [-0.39, 0.29) is 22.9 Å². The first-order valence-corrected chi connectivity index (χ1v) is 14.6. The zero-order valence-electron chi connectivity index (χ0n) is 24.7. The fraction of sp³-hybridized carbons (Fsp3) is 0.118. The van der Waals surface area contributed by atoms with E-state index in [9.17, 15) is 24.3 Å². The van der Waals surface area contributed by atoms with Gasteiger partial charge in [-0.2, -0.15) is 0 Å². The van der Waals surface area contributed by atoms with Gasteiger partial charge in [0.05, 0.1) is 25.5 Å². The molecule has 0 bridgehead atoms. The predicted octanol–water partition coefficient (Wildman–Crippen LogP) is 5.85. The van der Waals surface area contributed by atoms with Crippen LogP contribution < -0.4 is 25.4 Å². The second kappa shape index (κ2) is 15.3. The third-order valence-corrected chi connectivity index (χ3v) is 7.52. The van der Waals surface area contributed by atoms with Crippen LogP contribution in [0, 0.1) is 6.92 Å². The second-order valence-corrected chi connectivity index (χ2v) is 10.7. The van der Waals surface area contributed by atoms with E-state index in [1.165, 1.54) is 44.2 Å². The molecule has 0 fully saturated rings. The molecule has 0 saturated heterocycles. The summed E-state index contributed by atoms with van der Waals surface area (Å²) in [6.07, 6.45) is 1.52. The van der Waals surface area contributed by atoms with Gasteiger partial charge in [0, 0.05) is 33.5 Å². The van der Waals surface area contributed by atoms with Crippen molar-refractivity contribution in [2.45, 2.75) is 11.8 Å². The number of anilines is 2.